The van der Waals surface area contributed by atoms with Crippen LogP contribution in [0.3, 0.4) is 0 Å². The van der Waals surface area contributed by atoms with Crippen molar-refractivity contribution >= 4 is 5.97 Å². The number of carbonyl (C=O) groups is 1. The normalized spacial score (nSPS) is 12.4. The van der Waals surface area contributed by atoms with Gasteiger partial charge in [-0.2, -0.15) is 5.10 Å². The van der Waals surface area contributed by atoms with Crippen LogP contribution in [0.25, 0.3) is 0 Å². The van der Waals surface area contributed by atoms with Crippen molar-refractivity contribution in [3.05, 3.63) is 52.3 Å². The minimum absolute atomic E-state index is 0.526. The second-order valence-electron chi connectivity index (χ2n) is 5.29. The lowest BCUT2D eigenvalue weighted by molar-refractivity contribution is -0.138. The van der Waals surface area contributed by atoms with E-state index < -0.39 is 11.9 Å². The molecule has 2 rings (SSSR count). The van der Waals surface area contributed by atoms with E-state index in [1.165, 1.54) is 5.56 Å². The minimum atomic E-state index is -0.814. The monoisotopic (exact) mass is 272 g/mol. The van der Waals surface area contributed by atoms with Crippen molar-refractivity contribution in [2.24, 2.45) is 0 Å². The van der Waals surface area contributed by atoms with E-state index in [-0.39, 0.29) is 0 Å². The summed E-state index contributed by atoms with van der Waals surface area (Å²) >= 11 is 0. The van der Waals surface area contributed by atoms with Gasteiger partial charge in [-0.15, -0.1) is 0 Å². The van der Waals surface area contributed by atoms with Crippen LogP contribution in [0.4, 0.5) is 0 Å². The highest BCUT2D eigenvalue weighted by Gasteiger charge is 2.22. The van der Waals surface area contributed by atoms with Crippen LogP contribution >= 0.6 is 0 Å². The Morgan fingerprint density at radius 3 is 2.40 bits per heavy atom. The van der Waals surface area contributed by atoms with E-state index in [4.69, 9.17) is 0 Å². The maximum Gasteiger partial charge on any atom is 0.310 e. The smallest absolute Gasteiger partial charge is 0.310 e. The van der Waals surface area contributed by atoms with Crippen molar-refractivity contribution in [3.8, 4) is 0 Å². The molecule has 1 aromatic carbocycles. The highest BCUT2D eigenvalue weighted by atomic mass is 16.4. The standard InChI is InChI=1S/C16H20N2O2/c1-10-5-7-14(8-6-10)9-18-13(4)15(12(3)17-18)11(2)16(19)20/h5-8,11H,9H2,1-4H3,(H,19,20). The molecular weight excluding hydrogens is 252 g/mol. The van der Waals surface area contributed by atoms with Crippen molar-refractivity contribution in [1.29, 1.82) is 0 Å². The van der Waals surface area contributed by atoms with Gasteiger partial charge < -0.3 is 5.11 Å². The third kappa shape index (κ3) is 2.74. The molecular formula is C16H20N2O2. The number of nitrogens with zero attached hydrogens (tertiary/aromatic N) is 2. The molecule has 4 heteroatoms. The number of aromatic nitrogens is 2. The largest absolute Gasteiger partial charge is 0.481 e. The van der Waals surface area contributed by atoms with Gasteiger partial charge in [-0.05, 0) is 33.3 Å². The van der Waals surface area contributed by atoms with E-state index >= 15 is 0 Å². The van der Waals surface area contributed by atoms with E-state index in [1.54, 1.807) is 6.92 Å². The topological polar surface area (TPSA) is 55.1 Å². The van der Waals surface area contributed by atoms with Gasteiger partial charge in [-0.1, -0.05) is 29.8 Å². The van der Waals surface area contributed by atoms with Crippen molar-refractivity contribution < 1.29 is 9.90 Å². The number of carboxylic acid groups (broad SMARTS) is 1. The summed E-state index contributed by atoms with van der Waals surface area (Å²) in [7, 11) is 0. The molecule has 1 heterocycles. The highest BCUT2D eigenvalue weighted by molar-refractivity contribution is 5.76. The van der Waals surface area contributed by atoms with Crippen LogP contribution in [0.5, 0.6) is 0 Å². The fourth-order valence-electron chi connectivity index (χ4n) is 2.48. The summed E-state index contributed by atoms with van der Waals surface area (Å²) in [5, 5.41) is 13.7. The predicted octanol–water partition coefficient (Wildman–Crippen LogP) is 3.04. The maximum atomic E-state index is 11.2. The van der Waals surface area contributed by atoms with E-state index in [9.17, 15) is 9.90 Å². The van der Waals surface area contributed by atoms with Gasteiger partial charge >= 0.3 is 5.97 Å². The van der Waals surface area contributed by atoms with Gasteiger partial charge in [0, 0.05) is 11.3 Å². The Morgan fingerprint density at radius 1 is 1.25 bits per heavy atom. The van der Waals surface area contributed by atoms with Crippen LogP contribution in [-0.2, 0) is 11.3 Å². The van der Waals surface area contributed by atoms with E-state index in [0.29, 0.717) is 6.54 Å². The summed E-state index contributed by atoms with van der Waals surface area (Å²) < 4.78 is 1.88. The second kappa shape index (κ2) is 5.49. The van der Waals surface area contributed by atoms with E-state index in [1.807, 2.05) is 18.5 Å². The molecule has 0 saturated carbocycles. The van der Waals surface area contributed by atoms with Crippen molar-refractivity contribution in [2.45, 2.75) is 40.2 Å². The summed E-state index contributed by atoms with van der Waals surface area (Å²) in [5.41, 5.74) is 4.94. The van der Waals surface area contributed by atoms with Gasteiger partial charge in [0.2, 0.25) is 0 Å². The molecule has 1 unspecified atom stereocenters. The van der Waals surface area contributed by atoms with Gasteiger partial charge in [-0.3, -0.25) is 9.48 Å². The average Bonchev–Trinajstić information content (AvgIpc) is 2.66. The van der Waals surface area contributed by atoms with Crippen molar-refractivity contribution in [3.63, 3.8) is 0 Å². The number of aryl methyl sites for hydroxylation is 2. The van der Waals surface area contributed by atoms with Crippen molar-refractivity contribution in [1.82, 2.24) is 9.78 Å². The quantitative estimate of drug-likeness (QED) is 0.930. The molecule has 0 aliphatic heterocycles. The third-order valence-corrected chi connectivity index (χ3v) is 3.69. The Hall–Kier alpha value is -2.10. The van der Waals surface area contributed by atoms with Gasteiger partial charge in [0.1, 0.15) is 0 Å². The van der Waals surface area contributed by atoms with E-state index in [0.717, 1.165) is 22.5 Å². The molecule has 106 valence electrons. The lowest BCUT2D eigenvalue weighted by Crippen LogP contribution is -2.10. The Morgan fingerprint density at radius 2 is 1.85 bits per heavy atom. The second-order valence-corrected chi connectivity index (χ2v) is 5.29. The molecule has 1 aromatic heterocycles. The molecule has 0 bridgehead atoms. The zero-order chi connectivity index (χ0) is 14.9. The van der Waals surface area contributed by atoms with Gasteiger partial charge in [0.05, 0.1) is 18.2 Å². The highest BCUT2D eigenvalue weighted by Crippen LogP contribution is 2.24. The number of benzene rings is 1. The number of rotatable bonds is 4. The van der Waals surface area contributed by atoms with Crippen LogP contribution in [-0.4, -0.2) is 20.9 Å². The van der Waals surface area contributed by atoms with Crippen LogP contribution in [0.15, 0.2) is 24.3 Å². The van der Waals surface area contributed by atoms with Crippen LogP contribution in [0, 0.1) is 20.8 Å². The molecule has 1 atom stereocenters. The summed E-state index contributed by atoms with van der Waals surface area (Å²) in [4.78, 5) is 11.2. The Balaban J connectivity index is 2.32. The SMILES string of the molecule is Cc1ccc(Cn2nc(C)c(C(C)C(=O)O)c2C)cc1. The Labute approximate surface area is 119 Å². The van der Waals surface area contributed by atoms with Crippen LogP contribution in [0.2, 0.25) is 0 Å². The predicted molar refractivity (Wildman–Crippen MR) is 78.0 cm³/mol. The summed E-state index contributed by atoms with van der Waals surface area (Å²) in [5.74, 6) is -1.34. The fraction of sp³-hybridized carbons (Fsp3) is 0.375. The molecule has 0 saturated heterocycles. The molecule has 0 aliphatic rings. The molecule has 20 heavy (non-hydrogen) atoms. The molecule has 0 fully saturated rings. The number of carboxylic acids is 1. The van der Waals surface area contributed by atoms with Gasteiger partial charge in [0.25, 0.3) is 0 Å². The molecule has 0 radical (unpaired) electrons. The first-order valence-electron chi connectivity index (χ1n) is 6.72. The zero-order valence-corrected chi connectivity index (χ0v) is 12.3. The molecule has 0 spiro atoms. The maximum absolute atomic E-state index is 11.2. The lowest BCUT2D eigenvalue weighted by atomic mass is 9.99. The molecule has 0 aliphatic carbocycles. The average molecular weight is 272 g/mol. The molecule has 0 amide bonds. The summed E-state index contributed by atoms with van der Waals surface area (Å²) in [6, 6.07) is 8.29. The number of hydrogen-bond donors (Lipinski definition) is 1. The van der Waals surface area contributed by atoms with Crippen molar-refractivity contribution in [2.75, 3.05) is 0 Å². The minimum Gasteiger partial charge on any atom is -0.481 e. The first kappa shape index (κ1) is 14.3. The van der Waals surface area contributed by atoms with Crippen LogP contribution < -0.4 is 0 Å². The number of hydrogen-bond acceptors (Lipinski definition) is 2. The van der Waals surface area contributed by atoms with E-state index in [2.05, 4.69) is 36.3 Å². The van der Waals surface area contributed by atoms with Crippen LogP contribution in [0.1, 0.15) is 40.9 Å². The van der Waals surface area contributed by atoms with Gasteiger partial charge in [-0.25, -0.2) is 0 Å². The Bertz CT molecular complexity index is 627. The van der Waals surface area contributed by atoms with Gasteiger partial charge in [0.15, 0.2) is 0 Å². The zero-order valence-electron chi connectivity index (χ0n) is 12.3. The first-order valence-corrected chi connectivity index (χ1v) is 6.72. The lowest BCUT2D eigenvalue weighted by Gasteiger charge is -2.08. The first-order chi connectivity index (χ1) is 9.40. The number of aliphatic carboxylic acids is 1. The summed E-state index contributed by atoms with van der Waals surface area (Å²) in [6.07, 6.45) is 0. The molecule has 2 aromatic rings. The summed E-state index contributed by atoms with van der Waals surface area (Å²) in [6.45, 7) is 8.23. The molecule has 1 N–H and O–H groups in total. The third-order valence-electron chi connectivity index (χ3n) is 3.69. The molecule has 4 nitrogen and oxygen atoms in total. The fourth-order valence-corrected chi connectivity index (χ4v) is 2.48. The Kier molecular flexibility index (Phi) is 3.93.